The van der Waals surface area contributed by atoms with Gasteiger partial charge in [0.1, 0.15) is 0 Å². The molecule has 0 aliphatic rings. The van der Waals surface area contributed by atoms with Crippen LogP contribution in [-0.4, -0.2) is 4.92 Å². The van der Waals surface area contributed by atoms with Gasteiger partial charge in [-0.05, 0) is 12.5 Å². The Morgan fingerprint density at radius 2 is 2.00 bits per heavy atom. The molecule has 0 aliphatic carbocycles. The number of nitrogens with zero attached hydrogens (tertiary/aromatic N) is 2. The van der Waals surface area contributed by atoms with Crippen LogP contribution < -0.4 is 0 Å². The number of non-ortho nitro benzene ring substituents is 1. The molecular formula is C9H8N2O2. The van der Waals surface area contributed by atoms with Crippen molar-refractivity contribution in [2.24, 2.45) is 0 Å². The fraction of sp³-hybridized carbons (Fsp3) is 0.222. The van der Waals surface area contributed by atoms with Crippen molar-refractivity contribution >= 4 is 5.69 Å². The van der Waals surface area contributed by atoms with Crippen LogP contribution >= 0.6 is 0 Å². The molecule has 0 fully saturated rings. The molecule has 1 unspecified atom stereocenters. The van der Waals surface area contributed by atoms with Crippen LogP contribution in [0, 0.1) is 21.4 Å². The van der Waals surface area contributed by atoms with E-state index >= 15 is 0 Å². The topological polar surface area (TPSA) is 66.9 Å². The van der Waals surface area contributed by atoms with E-state index < -0.39 is 4.92 Å². The van der Waals surface area contributed by atoms with Gasteiger partial charge in [0.05, 0.1) is 16.9 Å². The summed E-state index contributed by atoms with van der Waals surface area (Å²) in [4.78, 5) is 9.83. The predicted molar refractivity (Wildman–Crippen MR) is 47.1 cm³/mol. The van der Waals surface area contributed by atoms with E-state index in [1.165, 1.54) is 12.1 Å². The van der Waals surface area contributed by atoms with Crippen LogP contribution in [-0.2, 0) is 0 Å². The fourth-order valence-corrected chi connectivity index (χ4v) is 0.959. The SMILES string of the molecule is CC(C#N)c1ccc([N+](=O)[O-])cc1. The van der Waals surface area contributed by atoms with E-state index in [0.29, 0.717) is 0 Å². The summed E-state index contributed by atoms with van der Waals surface area (Å²) in [6, 6.07) is 8.08. The maximum absolute atomic E-state index is 10.3. The molecule has 1 aromatic carbocycles. The highest BCUT2D eigenvalue weighted by atomic mass is 16.6. The molecule has 1 atom stereocenters. The van der Waals surface area contributed by atoms with Gasteiger partial charge in [-0.15, -0.1) is 0 Å². The number of hydrogen-bond donors (Lipinski definition) is 0. The van der Waals surface area contributed by atoms with Crippen molar-refractivity contribution in [3.8, 4) is 6.07 Å². The van der Waals surface area contributed by atoms with Gasteiger partial charge in [0.15, 0.2) is 0 Å². The second-order valence-electron chi connectivity index (χ2n) is 2.70. The maximum Gasteiger partial charge on any atom is 0.269 e. The summed E-state index contributed by atoms with van der Waals surface area (Å²) in [5, 5.41) is 18.9. The first-order valence-corrected chi connectivity index (χ1v) is 3.79. The van der Waals surface area contributed by atoms with Gasteiger partial charge in [-0.25, -0.2) is 0 Å². The zero-order valence-corrected chi connectivity index (χ0v) is 7.10. The zero-order valence-electron chi connectivity index (χ0n) is 7.10. The Kier molecular flexibility index (Phi) is 2.60. The Morgan fingerprint density at radius 3 is 2.38 bits per heavy atom. The molecule has 0 aromatic heterocycles. The van der Waals surface area contributed by atoms with Crippen LogP contribution in [0.5, 0.6) is 0 Å². The number of nitro groups is 1. The van der Waals surface area contributed by atoms with Crippen LogP contribution in [0.1, 0.15) is 18.4 Å². The Morgan fingerprint density at radius 1 is 1.46 bits per heavy atom. The number of rotatable bonds is 2. The zero-order chi connectivity index (χ0) is 9.84. The summed E-state index contributed by atoms with van der Waals surface area (Å²) in [5.41, 5.74) is 0.849. The molecule has 0 radical (unpaired) electrons. The van der Waals surface area contributed by atoms with Gasteiger partial charge in [-0.1, -0.05) is 12.1 Å². The molecule has 0 spiro atoms. The highest BCUT2D eigenvalue weighted by Gasteiger charge is 2.07. The van der Waals surface area contributed by atoms with Crippen molar-refractivity contribution in [1.82, 2.24) is 0 Å². The first kappa shape index (κ1) is 9.20. The normalized spacial score (nSPS) is 11.7. The number of nitriles is 1. The van der Waals surface area contributed by atoms with E-state index in [-0.39, 0.29) is 11.6 Å². The molecule has 0 amide bonds. The van der Waals surface area contributed by atoms with E-state index in [1.807, 2.05) is 0 Å². The summed E-state index contributed by atoms with van der Waals surface area (Å²) < 4.78 is 0. The molecule has 0 aliphatic heterocycles. The van der Waals surface area contributed by atoms with E-state index in [4.69, 9.17) is 5.26 Å². The Bertz CT molecular complexity index is 351. The van der Waals surface area contributed by atoms with Crippen molar-refractivity contribution in [2.45, 2.75) is 12.8 Å². The third kappa shape index (κ3) is 2.03. The third-order valence-corrected chi connectivity index (χ3v) is 1.80. The molecule has 0 heterocycles. The van der Waals surface area contributed by atoms with Gasteiger partial charge >= 0.3 is 0 Å². The Balaban J connectivity index is 2.95. The molecule has 66 valence electrons. The van der Waals surface area contributed by atoms with Crippen molar-refractivity contribution in [2.75, 3.05) is 0 Å². The lowest BCUT2D eigenvalue weighted by molar-refractivity contribution is -0.384. The summed E-state index contributed by atoms with van der Waals surface area (Å²) in [6.45, 7) is 1.75. The van der Waals surface area contributed by atoms with Gasteiger partial charge in [0, 0.05) is 12.1 Å². The summed E-state index contributed by atoms with van der Waals surface area (Å²) in [7, 11) is 0. The van der Waals surface area contributed by atoms with Crippen LogP contribution in [0.15, 0.2) is 24.3 Å². The van der Waals surface area contributed by atoms with E-state index in [1.54, 1.807) is 19.1 Å². The minimum Gasteiger partial charge on any atom is -0.258 e. The van der Waals surface area contributed by atoms with Gasteiger partial charge in [0.25, 0.3) is 5.69 Å². The summed E-state index contributed by atoms with van der Waals surface area (Å²) in [5.74, 6) is -0.221. The Hall–Kier alpha value is -1.89. The Labute approximate surface area is 75.6 Å². The average Bonchev–Trinajstić information content (AvgIpc) is 2.17. The molecule has 13 heavy (non-hydrogen) atoms. The van der Waals surface area contributed by atoms with Crippen molar-refractivity contribution < 1.29 is 4.92 Å². The highest BCUT2D eigenvalue weighted by Crippen LogP contribution is 2.18. The van der Waals surface area contributed by atoms with Gasteiger partial charge in [-0.2, -0.15) is 5.26 Å². The van der Waals surface area contributed by atoms with Crippen molar-refractivity contribution in [3.05, 3.63) is 39.9 Å². The van der Waals surface area contributed by atoms with E-state index in [0.717, 1.165) is 5.56 Å². The monoisotopic (exact) mass is 176 g/mol. The molecule has 0 saturated carbocycles. The predicted octanol–water partition coefficient (Wildman–Crippen LogP) is 2.22. The van der Waals surface area contributed by atoms with Gasteiger partial charge in [-0.3, -0.25) is 10.1 Å². The lowest BCUT2D eigenvalue weighted by atomic mass is 10.0. The van der Waals surface area contributed by atoms with Gasteiger partial charge in [0.2, 0.25) is 0 Å². The lowest BCUT2D eigenvalue weighted by Gasteiger charge is -2.00. The van der Waals surface area contributed by atoms with E-state index in [2.05, 4.69) is 6.07 Å². The minimum absolute atomic E-state index is 0.0499. The van der Waals surface area contributed by atoms with Gasteiger partial charge < -0.3 is 0 Å². The van der Waals surface area contributed by atoms with Crippen molar-refractivity contribution in [1.29, 1.82) is 5.26 Å². The highest BCUT2D eigenvalue weighted by molar-refractivity contribution is 5.35. The summed E-state index contributed by atoms with van der Waals surface area (Å²) >= 11 is 0. The number of benzene rings is 1. The molecule has 4 heteroatoms. The molecule has 4 nitrogen and oxygen atoms in total. The second-order valence-corrected chi connectivity index (χ2v) is 2.70. The number of hydrogen-bond acceptors (Lipinski definition) is 3. The molecule has 1 aromatic rings. The first-order valence-electron chi connectivity index (χ1n) is 3.79. The molecule has 0 N–H and O–H groups in total. The number of nitro benzene ring substituents is 1. The van der Waals surface area contributed by atoms with Crippen LogP contribution in [0.3, 0.4) is 0 Å². The molecule has 0 saturated heterocycles. The summed E-state index contributed by atoms with van der Waals surface area (Å²) in [6.07, 6.45) is 0. The largest absolute Gasteiger partial charge is 0.269 e. The lowest BCUT2D eigenvalue weighted by Crippen LogP contribution is -1.91. The van der Waals surface area contributed by atoms with Crippen molar-refractivity contribution in [3.63, 3.8) is 0 Å². The molecule has 1 rings (SSSR count). The van der Waals surface area contributed by atoms with Crippen LogP contribution in [0.25, 0.3) is 0 Å². The fourth-order valence-electron chi connectivity index (χ4n) is 0.959. The maximum atomic E-state index is 10.3. The van der Waals surface area contributed by atoms with E-state index in [9.17, 15) is 10.1 Å². The third-order valence-electron chi connectivity index (χ3n) is 1.80. The second kappa shape index (κ2) is 3.68. The first-order chi connectivity index (χ1) is 6.15. The average molecular weight is 176 g/mol. The van der Waals surface area contributed by atoms with Crippen LogP contribution in [0.4, 0.5) is 5.69 Å². The molecular weight excluding hydrogens is 168 g/mol. The molecule has 0 bridgehead atoms. The van der Waals surface area contributed by atoms with Crippen LogP contribution in [0.2, 0.25) is 0 Å². The smallest absolute Gasteiger partial charge is 0.258 e. The minimum atomic E-state index is -0.458. The quantitative estimate of drug-likeness (QED) is 0.512. The standard InChI is InChI=1S/C9H8N2O2/c1-7(6-10)8-2-4-9(5-3-8)11(12)13/h2-5,7H,1H3.